The summed E-state index contributed by atoms with van der Waals surface area (Å²) < 4.78 is 5.67. The zero-order valence-electron chi connectivity index (χ0n) is 12.0. The molecule has 0 spiro atoms. The SMILES string of the molecule is CC(CCO)NC(=O)c1ccc(Oc2ccccc2)cc1. The largest absolute Gasteiger partial charge is 0.457 e. The summed E-state index contributed by atoms with van der Waals surface area (Å²) in [7, 11) is 0. The molecular formula is C17H19NO3. The molecule has 0 aliphatic carbocycles. The number of amides is 1. The molecule has 2 rings (SSSR count). The molecule has 4 heteroatoms. The first-order valence-electron chi connectivity index (χ1n) is 6.93. The van der Waals surface area contributed by atoms with Crippen molar-refractivity contribution in [1.82, 2.24) is 5.32 Å². The van der Waals surface area contributed by atoms with Crippen LogP contribution in [0.1, 0.15) is 23.7 Å². The summed E-state index contributed by atoms with van der Waals surface area (Å²) in [5.41, 5.74) is 0.570. The van der Waals surface area contributed by atoms with Crippen LogP contribution in [0.4, 0.5) is 0 Å². The van der Waals surface area contributed by atoms with E-state index in [1.165, 1.54) is 0 Å². The third-order valence-electron chi connectivity index (χ3n) is 3.04. The van der Waals surface area contributed by atoms with Crippen LogP contribution in [0.25, 0.3) is 0 Å². The lowest BCUT2D eigenvalue weighted by atomic mass is 10.1. The van der Waals surface area contributed by atoms with Gasteiger partial charge in [0.05, 0.1) is 0 Å². The van der Waals surface area contributed by atoms with Crippen molar-refractivity contribution in [2.45, 2.75) is 19.4 Å². The van der Waals surface area contributed by atoms with E-state index in [0.717, 1.165) is 5.75 Å². The first-order valence-corrected chi connectivity index (χ1v) is 6.93. The van der Waals surface area contributed by atoms with E-state index in [1.54, 1.807) is 24.3 Å². The van der Waals surface area contributed by atoms with Gasteiger partial charge in [0, 0.05) is 18.2 Å². The number of aliphatic hydroxyl groups excluding tert-OH is 1. The third-order valence-corrected chi connectivity index (χ3v) is 3.04. The van der Waals surface area contributed by atoms with Crippen molar-refractivity contribution in [3.63, 3.8) is 0 Å². The highest BCUT2D eigenvalue weighted by Gasteiger charge is 2.09. The first-order chi connectivity index (χ1) is 10.2. The molecule has 0 radical (unpaired) electrons. The van der Waals surface area contributed by atoms with E-state index >= 15 is 0 Å². The van der Waals surface area contributed by atoms with Gasteiger partial charge in [0.2, 0.25) is 0 Å². The standard InChI is InChI=1S/C17H19NO3/c1-13(11-12-19)18-17(20)14-7-9-16(10-8-14)21-15-5-3-2-4-6-15/h2-10,13,19H,11-12H2,1H3,(H,18,20). The molecule has 0 saturated heterocycles. The van der Waals surface area contributed by atoms with Gasteiger partial charge in [-0.2, -0.15) is 0 Å². The number of carbonyl (C=O) groups excluding carboxylic acids is 1. The van der Waals surface area contributed by atoms with Crippen molar-refractivity contribution in [3.05, 3.63) is 60.2 Å². The van der Waals surface area contributed by atoms with Crippen molar-refractivity contribution >= 4 is 5.91 Å². The molecule has 0 aromatic heterocycles. The Kier molecular flexibility index (Phi) is 5.35. The van der Waals surface area contributed by atoms with Gasteiger partial charge in [-0.15, -0.1) is 0 Å². The lowest BCUT2D eigenvalue weighted by Crippen LogP contribution is -2.33. The van der Waals surface area contributed by atoms with Gasteiger partial charge in [0.1, 0.15) is 11.5 Å². The van der Waals surface area contributed by atoms with Crippen LogP contribution in [0.2, 0.25) is 0 Å². The predicted octanol–water partition coefficient (Wildman–Crippen LogP) is 2.98. The minimum Gasteiger partial charge on any atom is -0.457 e. The third kappa shape index (κ3) is 4.61. The van der Waals surface area contributed by atoms with Gasteiger partial charge in [-0.25, -0.2) is 0 Å². The summed E-state index contributed by atoms with van der Waals surface area (Å²) in [6, 6.07) is 16.4. The van der Waals surface area contributed by atoms with E-state index in [9.17, 15) is 4.79 Å². The maximum atomic E-state index is 12.0. The smallest absolute Gasteiger partial charge is 0.251 e. The van der Waals surface area contributed by atoms with Crippen molar-refractivity contribution in [2.75, 3.05) is 6.61 Å². The fourth-order valence-electron chi connectivity index (χ4n) is 1.87. The van der Waals surface area contributed by atoms with Crippen LogP contribution >= 0.6 is 0 Å². The van der Waals surface area contributed by atoms with Crippen molar-refractivity contribution in [2.24, 2.45) is 0 Å². The molecule has 2 N–H and O–H groups in total. The molecule has 1 unspecified atom stereocenters. The molecule has 4 nitrogen and oxygen atoms in total. The monoisotopic (exact) mass is 285 g/mol. The first kappa shape index (κ1) is 15.1. The number of carbonyl (C=O) groups is 1. The molecule has 2 aromatic carbocycles. The van der Waals surface area contributed by atoms with Crippen LogP contribution < -0.4 is 10.1 Å². The molecule has 1 atom stereocenters. The number of hydrogen-bond donors (Lipinski definition) is 2. The Hall–Kier alpha value is -2.33. The Morgan fingerprint density at radius 1 is 1.10 bits per heavy atom. The van der Waals surface area contributed by atoms with Gasteiger partial charge in [-0.1, -0.05) is 18.2 Å². The van der Waals surface area contributed by atoms with E-state index in [-0.39, 0.29) is 18.6 Å². The predicted molar refractivity (Wildman–Crippen MR) is 81.6 cm³/mol. The van der Waals surface area contributed by atoms with E-state index in [4.69, 9.17) is 9.84 Å². The van der Waals surface area contributed by atoms with Crippen molar-refractivity contribution in [3.8, 4) is 11.5 Å². The Morgan fingerprint density at radius 3 is 2.33 bits per heavy atom. The number of benzene rings is 2. The number of nitrogens with one attached hydrogen (secondary N) is 1. The zero-order chi connectivity index (χ0) is 15.1. The Balaban J connectivity index is 1.97. The summed E-state index contributed by atoms with van der Waals surface area (Å²) in [5.74, 6) is 1.29. The lowest BCUT2D eigenvalue weighted by Gasteiger charge is -2.12. The van der Waals surface area contributed by atoms with Crippen LogP contribution in [0, 0.1) is 0 Å². The van der Waals surface area contributed by atoms with Crippen molar-refractivity contribution in [1.29, 1.82) is 0 Å². The number of hydrogen-bond acceptors (Lipinski definition) is 3. The second kappa shape index (κ2) is 7.45. The Bertz CT molecular complexity index is 566. The topological polar surface area (TPSA) is 58.6 Å². The molecule has 0 fully saturated rings. The normalized spacial score (nSPS) is 11.7. The quantitative estimate of drug-likeness (QED) is 0.858. The van der Waals surface area contributed by atoms with Crippen LogP contribution in [-0.2, 0) is 0 Å². The molecule has 1 amide bonds. The lowest BCUT2D eigenvalue weighted by molar-refractivity contribution is 0.0934. The summed E-state index contributed by atoms with van der Waals surface area (Å²) >= 11 is 0. The number of rotatable bonds is 6. The number of aliphatic hydroxyl groups is 1. The van der Waals surface area contributed by atoms with Crippen LogP contribution in [0.15, 0.2) is 54.6 Å². The molecule has 0 aliphatic heterocycles. The average Bonchev–Trinajstić information content (AvgIpc) is 2.49. The van der Waals surface area contributed by atoms with Crippen molar-refractivity contribution < 1.29 is 14.6 Å². The van der Waals surface area contributed by atoms with Gasteiger partial charge < -0.3 is 15.2 Å². The highest BCUT2D eigenvalue weighted by atomic mass is 16.5. The maximum Gasteiger partial charge on any atom is 0.251 e. The van der Waals surface area contributed by atoms with Gasteiger partial charge in [0.15, 0.2) is 0 Å². The second-order valence-electron chi connectivity index (χ2n) is 4.83. The average molecular weight is 285 g/mol. The second-order valence-corrected chi connectivity index (χ2v) is 4.83. The van der Waals surface area contributed by atoms with Gasteiger partial charge in [-0.05, 0) is 49.7 Å². The van der Waals surface area contributed by atoms with Crippen LogP contribution in [0.3, 0.4) is 0 Å². The molecule has 0 aliphatic rings. The fourth-order valence-corrected chi connectivity index (χ4v) is 1.87. The highest BCUT2D eigenvalue weighted by molar-refractivity contribution is 5.94. The van der Waals surface area contributed by atoms with Gasteiger partial charge in [0.25, 0.3) is 5.91 Å². The van der Waals surface area contributed by atoms with Gasteiger partial charge in [-0.3, -0.25) is 4.79 Å². The minimum atomic E-state index is -0.151. The molecule has 21 heavy (non-hydrogen) atoms. The maximum absolute atomic E-state index is 12.0. The fraction of sp³-hybridized carbons (Fsp3) is 0.235. The molecular weight excluding hydrogens is 266 g/mol. The molecule has 110 valence electrons. The van der Waals surface area contributed by atoms with E-state index in [1.807, 2.05) is 37.3 Å². The van der Waals surface area contributed by atoms with Gasteiger partial charge >= 0.3 is 0 Å². The van der Waals surface area contributed by atoms with E-state index < -0.39 is 0 Å². The number of ether oxygens (including phenoxy) is 1. The summed E-state index contributed by atoms with van der Waals surface area (Å²) in [4.78, 5) is 12.0. The molecule has 0 heterocycles. The summed E-state index contributed by atoms with van der Waals surface area (Å²) in [6.45, 7) is 1.92. The summed E-state index contributed by atoms with van der Waals surface area (Å²) in [5, 5.41) is 11.7. The Morgan fingerprint density at radius 2 is 1.71 bits per heavy atom. The summed E-state index contributed by atoms with van der Waals surface area (Å²) in [6.07, 6.45) is 0.543. The zero-order valence-corrected chi connectivity index (χ0v) is 12.0. The molecule has 2 aromatic rings. The number of para-hydroxylation sites is 1. The van der Waals surface area contributed by atoms with Crippen LogP contribution in [-0.4, -0.2) is 23.7 Å². The molecule has 0 saturated carbocycles. The highest BCUT2D eigenvalue weighted by Crippen LogP contribution is 2.21. The molecule has 0 bridgehead atoms. The minimum absolute atomic E-state index is 0.0530. The van der Waals surface area contributed by atoms with E-state index in [2.05, 4.69) is 5.32 Å². The van der Waals surface area contributed by atoms with Crippen LogP contribution in [0.5, 0.6) is 11.5 Å². The Labute approximate surface area is 124 Å². The van der Waals surface area contributed by atoms with E-state index in [0.29, 0.717) is 17.7 Å².